The minimum atomic E-state index is 0.633. The number of halogens is 1. The Morgan fingerprint density at radius 2 is 2.40 bits per heavy atom. The van der Waals surface area contributed by atoms with Crippen LogP contribution in [0.25, 0.3) is 0 Å². The average Bonchev–Trinajstić information content (AvgIpc) is 2.69. The lowest BCUT2D eigenvalue weighted by Crippen LogP contribution is -2.03. The number of rotatable bonds is 3. The Morgan fingerprint density at radius 3 is 3.07 bits per heavy atom. The van der Waals surface area contributed by atoms with Crippen molar-refractivity contribution in [3.05, 3.63) is 34.7 Å². The normalized spacial score (nSPS) is 10.2. The third-order valence-corrected chi connectivity index (χ3v) is 2.47. The summed E-state index contributed by atoms with van der Waals surface area (Å²) in [7, 11) is 0. The van der Waals surface area contributed by atoms with E-state index in [2.05, 4.69) is 36.4 Å². The van der Waals surface area contributed by atoms with Gasteiger partial charge in [-0.1, -0.05) is 0 Å². The van der Waals surface area contributed by atoms with E-state index in [1.54, 1.807) is 12.4 Å². The lowest BCUT2D eigenvalue weighted by Gasteiger charge is -2.06. The fourth-order valence-corrected chi connectivity index (χ4v) is 1.65. The summed E-state index contributed by atoms with van der Waals surface area (Å²) in [5.74, 6) is 0.763. The number of H-pyrrole nitrogens is 1. The van der Waals surface area contributed by atoms with Crippen LogP contribution in [-0.2, 0) is 6.54 Å². The minimum absolute atomic E-state index is 0.633. The molecular formula is C9H10BrN5. The second-order valence-corrected chi connectivity index (χ2v) is 3.89. The highest BCUT2D eigenvalue weighted by molar-refractivity contribution is 9.10. The standard InChI is InChI=1S/C9H10BrN5/c10-8-3-6(11)4-12-9(8)13-5-7-1-2-14-15-7/h1-4H,5,11H2,(H,12,13)(H,14,15). The number of aromatic amines is 1. The molecule has 0 aromatic carbocycles. The predicted molar refractivity (Wildman–Crippen MR) is 62.3 cm³/mol. The Kier molecular flexibility index (Phi) is 2.86. The fraction of sp³-hybridized carbons (Fsp3) is 0.111. The van der Waals surface area contributed by atoms with Gasteiger partial charge in [0.1, 0.15) is 5.82 Å². The van der Waals surface area contributed by atoms with E-state index in [9.17, 15) is 0 Å². The van der Waals surface area contributed by atoms with Crippen molar-refractivity contribution in [1.29, 1.82) is 0 Å². The summed E-state index contributed by atoms with van der Waals surface area (Å²) in [5, 5.41) is 9.87. The van der Waals surface area contributed by atoms with Gasteiger partial charge in [-0.25, -0.2) is 4.98 Å². The lowest BCUT2D eigenvalue weighted by molar-refractivity contribution is 0.973. The molecule has 0 aliphatic heterocycles. The Labute approximate surface area is 95.2 Å². The maximum atomic E-state index is 5.58. The molecule has 15 heavy (non-hydrogen) atoms. The van der Waals surface area contributed by atoms with Crippen LogP contribution in [0.2, 0.25) is 0 Å². The van der Waals surface area contributed by atoms with Crippen molar-refractivity contribution in [3.8, 4) is 0 Å². The van der Waals surface area contributed by atoms with Crippen molar-refractivity contribution in [3.63, 3.8) is 0 Å². The number of hydrogen-bond acceptors (Lipinski definition) is 4. The first-order valence-electron chi connectivity index (χ1n) is 4.39. The van der Waals surface area contributed by atoms with E-state index < -0.39 is 0 Å². The van der Waals surface area contributed by atoms with Gasteiger partial charge in [-0.2, -0.15) is 5.10 Å². The number of nitrogens with zero attached hydrogens (tertiary/aromatic N) is 2. The molecule has 2 aromatic rings. The van der Waals surface area contributed by atoms with Crippen molar-refractivity contribution in [2.24, 2.45) is 0 Å². The van der Waals surface area contributed by atoms with Gasteiger partial charge in [-0.15, -0.1) is 0 Å². The number of nitrogens with one attached hydrogen (secondary N) is 2. The third kappa shape index (κ3) is 2.47. The van der Waals surface area contributed by atoms with Crippen LogP contribution >= 0.6 is 15.9 Å². The Hall–Kier alpha value is -1.56. The number of anilines is 2. The van der Waals surface area contributed by atoms with E-state index in [-0.39, 0.29) is 0 Å². The maximum absolute atomic E-state index is 5.58. The molecule has 0 atom stereocenters. The zero-order valence-electron chi connectivity index (χ0n) is 7.87. The summed E-state index contributed by atoms with van der Waals surface area (Å²) < 4.78 is 0.849. The SMILES string of the molecule is Nc1cnc(NCc2ccn[nH]2)c(Br)c1. The molecule has 0 fully saturated rings. The molecule has 0 amide bonds. The van der Waals surface area contributed by atoms with Crippen LogP contribution < -0.4 is 11.1 Å². The molecule has 0 spiro atoms. The second-order valence-electron chi connectivity index (χ2n) is 3.03. The maximum Gasteiger partial charge on any atom is 0.140 e. The van der Waals surface area contributed by atoms with Gasteiger partial charge in [-0.05, 0) is 28.1 Å². The third-order valence-electron chi connectivity index (χ3n) is 1.87. The van der Waals surface area contributed by atoms with Crippen LogP contribution in [0, 0.1) is 0 Å². The summed E-state index contributed by atoms with van der Waals surface area (Å²) in [4.78, 5) is 4.16. The van der Waals surface area contributed by atoms with Crippen molar-refractivity contribution in [2.45, 2.75) is 6.54 Å². The van der Waals surface area contributed by atoms with Crippen molar-refractivity contribution < 1.29 is 0 Å². The Morgan fingerprint density at radius 1 is 1.53 bits per heavy atom. The molecular weight excluding hydrogens is 258 g/mol. The molecule has 0 bridgehead atoms. The number of nitrogen functional groups attached to an aromatic ring is 1. The van der Waals surface area contributed by atoms with Gasteiger partial charge in [0.15, 0.2) is 0 Å². The van der Waals surface area contributed by atoms with Gasteiger partial charge in [0.2, 0.25) is 0 Å². The molecule has 5 nitrogen and oxygen atoms in total. The number of aromatic nitrogens is 3. The molecule has 0 saturated heterocycles. The molecule has 0 aliphatic rings. The highest BCUT2D eigenvalue weighted by Crippen LogP contribution is 2.21. The molecule has 0 saturated carbocycles. The quantitative estimate of drug-likeness (QED) is 0.792. The van der Waals surface area contributed by atoms with E-state index in [4.69, 9.17) is 5.73 Å². The zero-order valence-corrected chi connectivity index (χ0v) is 9.45. The Balaban J connectivity index is 2.05. The van der Waals surface area contributed by atoms with E-state index in [1.165, 1.54) is 0 Å². The van der Waals surface area contributed by atoms with Gasteiger partial charge < -0.3 is 11.1 Å². The van der Waals surface area contributed by atoms with E-state index in [1.807, 2.05) is 12.1 Å². The smallest absolute Gasteiger partial charge is 0.140 e. The highest BCUT2D eigenvalue weighted by Gasteiger charge is 2.01. The number of pyridine rings is 1. The first-order valence-corrected chi connectivity index (χ1v) is 5.18. The number of nitrogens with two attached hydrogens (primary N) is 1. The predicted octanol–water partition coefficient (Wildman–Crippen LogP) is 1.76. The number of hydrogen-bond donors (Lipinski definition) is 3. The molecule has 2 heterocycles. The van der Waals surface area contributed by atoms with Gasteiger partial charge in [0, 0.05) is 6.20 Å². The highest BCUT2D eigenvalue weighted by atomic mass is 79.9. The van der Waals surface area contributed by atoms with Crippen molar-refractivity contribution in [1.82, 2.24) is 15.2 Å². The van der Waals surface area contributed by atoms with Crippen LogP contribution in [0.4, 0.5) is 11.5 Å². The molecule has 2 aromatic heterocycles. The van der Waals surface area contributed by atoms with Crippen molar-refractivity contribution >= 4 is 27.4 Å². The van der Waals surface area contributed by atoms with E-state index in [0.717, 1.165) is 16.0 Å². The van der Waals surface area contributed by atoms with Crippen molar-refractivity contribution in [2.75, 3.05) is 11.1 Å². The zero-order chi connectivity index (χ0) is 10.7. The summed E-state index contributed by atoms with van der Waals surface area (Å²) in [6.45, 7) is 0.648. The van der Waals surface area contributed by atoms with Crippen LogP contribution in [0.15, 0.2) is 29.0 Å². The minimum Gasteiger partial charge on any atom is -0.397 e. The largest absolute Gasteiger partial charge is 0.397 e. The molecule has 78 valence electrons. The summed E-state index contributed by atoms with van der Waals surface area (Å²) >= 11 is 3.38. The van der Waals surface area contributed by atoms with Crippen LogP contribution in [-0.4, -0.2) is 15.2 Å². The topological polar surface area (TPSA) is 79.6 Å². The first-order chi connectivity index (χ1) is 7.25. The molecule has 0 aliphatic carbocycles. The fourth-order valence-electron chi connectivity index (χ4n) is 1.14. The van der Waals surface area contributed by atoms with Crippen LogP contribution in [0.3, 0.4) is 0 Å². The molecule has 4 N–H and O–H groups in total. The van der Waals surface area contributed by atoms with Crippen LogP contribution in [0.5, 0.6) is 0 Å². The lowest BCUT2D eigenvalue weighted by atomic mass is 10.4. The molecule has 0 unspecified atom stereocenters. The molecule has 6 heteroatoms. The van der Waals surface area contributed by atoms with Crippen LogP contribution in [0.1, 0.15) is 5.69 Å². The second kappa shape index (κ2) is 4.31. The van der Waals surface area contributed by atoms with Gasteiger partial charge in [-0.3, -0.25) is 5.10 Å². The van der Waals surface area contributed by atoms with Gasteiger partial charge in [0.25, 0.3) is 0 Å². The Bertz CT molecular complexity index is 440. The summed E-state index contributed by atoms with van der Waals surface area (Å²) in [6, 6.07) is 3.71. The van der Waals surface area contributed by atoms with Gasteiger partial charge in [0.05, 0.1) is 28.6 Å². The van der Waals surface area contributed by atoms with Gasteiger partial charge >= 0.3 is 0 Å². The average molecular weight is 268 g/mol. The summed E-state index contributed by atoms with van der Waals surface area (Å²) in [6.07, 6.45) is 3.32. The first kappa shape index (κ1) is 9.97. The summed E-state index contributed by atoms with van der Waals surface area (Å²) in [5.41, 5.74) is 7.22. The molecule has 0 radical (unpaired) electrons. The van der Waals surface area contributed by atoms with E-state index in [0.29, 0.717) is 12.2 Å². The monoisotopic (exact) mass is 267 g/mol. The molecule has 2 rings (SSSR count). The van der Waals surface area contributed by atoms with E-state index >= 15 is 0 Å².